The van der Waals surface area contributed by atoms with Crippen molar-refractivity contribution in [3.05, 3.63) is 72.3 Å². The van der Waals surface area contributed by atoms with Gasteiger partial charge in [-0.15, -0.1) is 0 Å². The van der Waals surface area contributed by atoms with E-state index in [1.807, 2.05) is 11.8 Å². The molecule has 0 aliphatic carbocycles. The fraction of sp³-hybridized carbons (Fsp3) is 0.222. The van der Waals surface area contributed by atoms with Gasteiger partial charge in [-0.25, -0.2) is 0 Å². The summed E-state index contributed by atoms with van der Waals surface area (Å²) in [4.78, 5) is 2.60. The second-order valence-electron chi connectivity index (χ2n) is 5.66. The molecule has 0 aliphatic heterocycles. The molecule has 0 radical (unpaired) electrons. The summed E-state index contributed by atoms with van der Waals surface area (Å²) >= 11 is 1.83. The molecular weight excluding hydrogens is 248 g/mol. The normalized spacial score (nSPS) is 12.5. The van der Waals surface area contributed by atoms with Crippen LogP contribution >= 0.6 is 11.8 Å². The molecule has 0 N–H and O–H groups in total. The lowest BCUT2D eigenvalue weighted by atomic mass is 9.95. The van der Waals surface area contributed by atoms with E-state index in [0.717, 1.165) is 0 Å². The van der Waals surface area contributed by atoms with E-state index in [1.54, 1.807) is 0 Å². The van der Waals surface area contributed by atoms with Crippen LogP contribution in [0.5, 0.6) is 0 Å². The minimum atomic E-state index is 0.174. The van der Waals surface area contributed by atoms with Crippen molar-refractivity contribution in [2.75, 3.05) is 0 Å². The highest BCUT2D eigenvalue weighted by molar-refractivity contribution is 8.08. The lowest BCUT2D eigenvalue weighted by molar-refractivity contribution is 0.546. The minimum Gasteiger partial charge on any atom is -0.0898 e. The Kier molecular flexibility index (Phi) is 4.49. The van der Waals surface area contributed by atoms with Gasteiger partial charge in [0.15, 0.2) is 0 Å². The maximum atomic E-state index is 2.35. The van der Waals surface area contributed by atoms with Gasteiger partial charge >= 0.3 is 0 Å². The summed E-state index contributed by atoms with van der Waals surface area (Å²) in [6.07, 6.45) is 2.35. The van der Waals surface area contributed by atoms with Gasteiger partial charge in [0, 0.05) is 9.80 Å². The van der Waals surface area contributed by atoms with Crippen LogP contribution in [0, 0.1) is 5.41 Å². The van der Waals surface area contributed by atoms with Gasteiger partial charge in [0.05, 0.1) is 0 Å². The molecule has 0 unspecified atom stereocenters. The van der Waals surface area contributed by atoms with Crippen LogP contribution in [0.4, 0.5) is 0 Å². The zero-order valence-corrected chi connectivity index (χ0v) is 12.6. The van der Waals surface area contributed by atoms with Crippen molar-refractivity contribution in [3.63, 3.8) is 0 Å². The number of allylic oxidation sites excluding steroid dienone is 1. The molecular formula is C18H20S. The molecule has 1 heteroatoms. The van der Waals surface area contributed by atoms with Crippen LogP contribution in [-0.2, 0) is 0 Å². The first kappa shape index (κ1) is 14.0. The maximum Gasteiger partial charge on any atom is 0.0160 e. The fourth-order valence-electron chi connectivity index (χ4n) is 1.78. The lowest BCUT2D eigenvalue weighted by Gasteiger charge is -2.16. The van der Waals surface area contributed by atoms with Crippen molar-refractivity contribution in [3.8, 4) is 0 Å². The van der Waals surface area contributed by atoms with Crippen LogP contribution in [-0.4, -0.2) is 0 Å². The van der Waals surface area contributed by atoms with E-state index < -0.39 is 0 Å². The highest BCUT2D eigenvalue weighted by Crippen LogP contribution is 2.37. The second-order valence-corrected chi connectivity index (χ2v) is 6.77. The summed E-state index contributed by atoms with van der Waals surface area (Å²) in [5.41, 5.74) is 1.46. The Hall–Kier alpha value is -1.47. The van der Waals surface area contributed by atoms with E-state index in [9.17, 15) is 0 Å². The molecule has 0 bridgehead atoms. The van der Waals surface area contributed by atoms with Crippen molar-refractivity contribution < 1.29 is 0 Å². The van der Waals surface area contributed by atoms with Crippen molar-refractivity contribution in [1.29, 1.82) is 0 Å². The molecule has 0 aromatic heterocycles. The summed E-state index contributed by atoms with van der Waals surface area (Å²) in [7, 11) is 0. The molecule has 2 aromatic rings. The molecule has 0 spiro atoms. The molecule has 0 fully saturated rings. The van der Waals surface area contributed by atoms with Gasteiger partial charge in [-0.05, 0) is 23.1 Å². The predicted octanol–water partition coefficient (Wildman–Crippen LogP) is 5.87. The first-order chi connectivity index (χ1) is 9.04. The van der Waals surface area contributed by atoms with Crippen LogP contribution in [0.15, 0.2) is 71.6 Å². The summed E-state index contributed by atoms with van der Waals surface area (Å²) in [6, 6.07) is 21.1. The highest BCUT2D eigenvalue weighted by Gasteiger charge is 2.11. The SMILES string of the molecule is CC(C)(C)/C=C(\Sc1ccccc1)c1ccccc1. The van der Waals surface area contributed by atoms with E-state index in [4.69, 9.17) is 0 Å². The minimum absolute atomic E-state index is 0.174. The zero-order chi connectivity index (χ0) is 13.7. The Labute approximate surface area is 120 Å². The Morgan fingerprint density at radius 2 is 1.37 bits per heavy atom. The Morgan fingerprint density at radius 3 is 1.89 bits per heavy atom. The fourth-order valence-corrected chi connectivity index (χ4v) is 3.00. The molecule has 2 aromatic carbocycles. The second kappa shape index (κ2) is 6.12. The predicted molar refractivity (Wildman–Crippen MR) is 86.2 cm³/mol. The standard InChI is InChI=1S/C18H20S/c1-18(2,3)14-17(15-10-6-4-7-11-15)19-16-12-8-5-9-13-16/h4-14H,1-3H3/b17-14-. The van der Waals surface area contributed by atoms with E-state index in [-0.39, 0.29) is 5.41 Å². The molecule has 0 saturated carbocycles. The molecule has 0 saturated heterocycles. The Balaban J connectivity index is 2.34. The van der Waals surface area contributed by atoms with E-state index in [2.05, 4.69) is 87.5 Å². The number of hydrogen-bond acceptors (Lipinski definition) is 1. The Bertz CT molecular complexity index is 533. The topological polar surface area (TPSA) is 0 Å². The number of hydrogen-bond donors (Lipinski definition) is 0. The summed E-state index contributed by atoms with van der Waals surface area (Å²) in [5.74, 6) is 0. The van der Waals surface area contributed by atoms with E-state index >= 15 is 0 Å². The molecule has 0 aliphatic rings. The molecule has 0 amide bonds. The summed E-state index contributed by atoms with van der Waals surface area (Å²) in [6.45, 7) is 6.71. The smallest absolute Gasteiger partial charge is 0.0160 e. The van der Waals surface area contributed by atoms with Gasteiger partial charge in [-0.2, -0.15) is 0 Å². The van der Waals surface area contributed by atoms with Gasteiger partial charge in [0.1, 0.15) is 0 Å². The van der Waals surface area contributed by atoms with Crippen LogP contribution in [0.25, 0.3) is 4.91 Å². The van der Waals surface area contributed by atoms with Gasteiger partial charge in [-0.1, -0.05) is 87.1 Å². The average Bonchev–Trinajstić information content (AvgIpc) is 2.39. The highest BCUT2D eigenvalue weighted by atomic mass is 32.2. The van der Waals surface area contributed by atoms with Gasteiger partial charge in [0.25, 0.3) is 0 Å². The third-order valence-electron chi connectivity index (χ3n) is 2.59. The molecule has 19 heavy (non-hydrogen) atoms. The first-order valence-electron chi connectivity index (χ1n) is 6.56. The van der Waals surface area contributed by atoms with Gasteiger partial charge in [-0.3, -0.25) is 0 Å². The van der Waals surface area contributed by atoms with Crippen molar-refractivity contribution in [1.82, 2.24) is 0 Å². The molecule has 0 atom stereocenters. The number of rotatable bonds is 3. The molecule has 0 nitrogen and oxygen atoms in total. The zero-order valence-electron chi connectivity index (χ0n) is 11.8. The van der Waals surface area contributed by atoms with Crippen molar-refractivity contribution in [2.45, 2.75) is 25.7 Å². The third-order valence-corrected chi connectivity index (χ3v) is 3.67. The Morgan fingerprint density at radius 1 is 0.842 bits per heavy atom. The van der Waals surface area contributed by atoms with E-state index in [1.165, 1.54) is 15.4 Å². The average molecular weight is 268 g/mol. The summed E-state index contributed by atoms with van der Waals surface area (Å²) in [5, 5.41) is 0. The largest absolute Gasteiger partial charge is 0.0898 e. The number of thioether (sulfide) groups is 1. The molecule has 2 rings (SSSR count). The number of benzene rings is 2. The molecule has 0 heterocycles. The monoisotopic (exact) mass is 268 g/mol. The van der Waals surface area contributed by atoms with Crippen LogP contribution in [0.3, 0.4) is 0 Å². The lowest BCUT2D eigenvalue weighted by Crippen LogP contribution is -2.00. The van der Waals surface area contributed by atoms with Gasteiger partial charge < -0.3 is 0 Å². The summed E-state index contributed by atoms with van der Waals surface area (Å²) < 4.78 is 0. The van der Waals surface area contributed by atoms with Crippen LogP contribution in [0.1, 0.15) is 26.3 Å². The van der Waals surface area contributed by atoms with Crippen LogP contribution < -0.4 is 0 Å². The van der Waals surface area contributed by atoms with Crippen molar-refractivity contribution in [2.24, 2.45) is 5.41 Å². The first-order valence-corrected chi connectivity index (χ1v) is 7.37. The maximum absolute atomic E-state index is 2.35. The van der Waals surface area contributed by atoms with Gasteiger partial charge in [0.2, 0.25) is 0 Å². The van der Waals surface area contributed by atoms with Crippen molar-refractivity contribution >= 4 is 16.7 Å². The van der Waals surface area contributed by atoms with Crippen LogP contribution in [0.2, 0.25) is 0 Å². The third kappa shape index (κ3) is 4.60. The van der Waals surface area contributed by atoms with E-state index in [0.29, 0.717) is 0 Å². The quantitative estimate of drug-likeness (QED) is 0.628. The molecule has 98 valence electrons.